The molecule has 2 rings (SSSR count). The van der Waals surface area contributed by atoms with Crippen LogP contribution >= 0.6 is 0 Å². The van der Waals surface area contributed by atoms with Crippen molar-refractivity contribution in [1.82, 2.24) is 0 Å². The first-order valence-corrected chi connectivity index (χ1v) is 6.03. The molecule has 86 valence electrons. The van der Waals surface area contributed by atoms with Crippen LogP contribution in [0.5, 0.6) is 5.75 Å². The van der Waals surface area contributed by atoms with Gasteiger partial charge in [0.05, 0.1) is 12.2 Å². The van der Waals surface area contributed by atoms with Gasteiger partial charge >= 0.3 is 0 Å². The standard InChI is InChI=1S/C14H18O2/c1-3-5-10(2)13(15)12-7-4-6-11-8-9-16-14(11)12/h4,6-7,10H,3,5,8-9H2,1-2H3. The van der Waals surface area contributed by atoms with Gasteiger partial charge in [0.15, 0.2) is 5.78 Å². The fourth-order valence-electron chi connectivity index (χ4n) is 2.24. The second-order valence-corrected chi connectivity index (χ2v) is 4.45. The summed E-state index contributed by atoms with van der Waals surface area (Å²) in [6.45, 7) is 4.82. The Bertz CT molecular complexity index is 396. The fraction of sp³-hybridized carbons (Fsp3) is 0.500. The number of ketones is 1. The summed E-state index contributed by atoms with van der Waals surface area (Å²) in [6, 6.07) is 5.89. The molecule has 1 aromatic rings. The van der Waals surface area contributed by atoms with Gasteiger partial charge in [-0.2, -0.15) is 0 Å². The maximum absolute atomic E-state index is 12.2. The minimum atomic E-state index is 0.0979. The molecule has 16 heavy (non-hydrogen) atoms. The number of hydrogen-bond donors (Lipinski definition) is 0. The van der Waals surface area contributed by atoms with E-state index in [9.17, 15) is 4.79 Å². The van der Waals surface area contributed by atoms with E-state index in [-0.39, 0.29) is 11.7 Å². The first-order valence-electron chi connectivity index (χ1n) is 6.03. The molecule has 0 bridgehead atoms. The highest BCUT2D eigenvalue weighted by molar-refractivity contribution is 6.00. The van der Waals surface area contributed by atoms with Crippen molar-refractivity contribution in [1.29, 1.82) is 0 Å². The van der Waals surface area contributed by atoms with Gasteiger partial charge in [-0.05, 0) is 18.1 Å². The highest BCUT2D eigenvalue weighted by Gasteiger charge is 2.23. The monoisotopic (exact) mass is 218 g/mol. The van der Waals surface area contributed by atoms with Gasteiger partial charge in [-0.1, -0.05) is 32.4 Å². The van der Waals surface area contributed by atoms with Crippen molar-refractivity contribution < 1.29 is 9.53 Å². The Morgan fingerprint density at radius 2 is 2.31 bits per heavy atom. The summed E-state index contributed by atoms with van der Waals surface area (Å²) in [7, 11) is 0. The first kappa shape index (κ1) is 11.2. The van der Waals surface area contributed by atoms with Crippen LogP contribution in [0.1, 0.15) is 42.6 Å². The van der Waals surface area contributed by atoms with Gasteiger partial charge in [-0.25, -0.2) is 0 Å². The molecule has 1 aliphatic heterocycles. The highest BCUT2D eigenvalue weighted by Crippen LogP contribution is 2.31. The lowest BCUT2D eigenvalue weighted by Gasteiger charge is -2.11. The van der Waals surface area contributed by atoms with Crippen LogP contribution in [-0.2, 0) is 6.42 Å². The summed E-state index contributed by atoms with van der Waals surface area (Å²) in [5.74, 6) is 1.15. The van der Waals surface area contributed by atoms with Crippen molar-refractivity contribution in [3.63, 3.8) is 0 Å². The molecule has 1 aromatic carbocycles. The number of carbonyl (C=O) groups excluding carboxylic acids is 1. The molecular weight excluding hydrogens is 200 g/mol. The van der Waals surface area contributed by atoms with Crippen molar-refractivity contribution in [3.05, 3.63) is 29.3 Å². The van der Waals surface area contributed by atoms with Crippen LogP contribution in [0.3, 0.4) is 0 Å². The second kappa shape index (κ2) is 4.69. The lowest BCUT2D eigenvalue weighted by molar-refractivity contribution is 0.0920. The van der Waals surface area contributed by atoms with E-state index in [1.54, 1.807) is 0 Å². The maximum Gasteiger partial charge on any atom is 0.169 e. The van der Waals surface area contributed by atoms with Crippen LogP contribution in [0.15, 0.2) is 18.2 Å². The quantitative estimate of drug-likeness (QED) is 0.725. The number of carbonyl (C=O) groups is 1. The van der Waals surface area contributed by atoms with Crippen LogP contribution in [0.2, 0.25) is 0 Å². The fourth-order valence-corrected chi connectivity index (χ4v) is 2.24. The van der Waals surface area contributed by atoms with Gasteiger partial charge in [0.2, 0.25) is 0 Å². The Kier molecular flexibility index (Phi) is 3.28. The Balaban J connectivity index is 2.27. The van der Waals surface area contributed by atoms with E-state index in [0.29, 0.717) is 6.61 Å². The normalized spacial score (nSPS) is 15.4. The molecule has 2 nitrogen and oxygen atoms in total. The first-order chi connectivity index (χ1) is 7.74. The molecule has 0 aliphatic carbocycles. The summed E-state index contributed by atoms with van der Waals surface area (Å²) >= 11 is 0. The van der Waals surface area contributed by atoms with Crippen molar-refractivity contribution >= 4 is 5.78 Å². The lowest BCUT2D eigenvalue weighted by Crippen LogP contribution is -2.12. The summed E-state index contributed by atoms with van der Waals surface area (Å²) < 4.78 is 5.56. The van der Waals surface area contributed by atoms with Gasteiger partial charge < -0.3 is 4.74 Å². The van der Waals surface area contributed by atoms with E-state index in [1.165, 1.54) is 5.56 Å². The number of benzene rings is 1. The summed E-state index contributed by atoms with van der Waals surface area (Å²) in [6.07, 6.45) is 2.92. The van der Waals surface area contributed by atoms with Crippen molar-refractivity contribution in [2.45, 2.75) is 33.1 Å². The van der Waals surface area contributed by atoms with Gasteiger partial charge in [0, 0.05) is 12.3 Å². The molecule has 0 amide bonds. The van der Waals surface area contributed by atoms with Crippen molar-refractivity contribution in [2.24, 2.45) is 5.92 Å². The van der Waals surface area contributed by atoms with Gasteiger partial charge in [0.1, 0.15) is 5.75 Å². The summed E-state index contributed by atoms with van der Waals surface area (Å²) in [4.78, 5) is 12.2. The van der Waals surface area contributed by atoms with E-state index in [0.717, 1.165) is 30.6 Å². The van der Waals surface area contributed by atoms with E-state index in [2.05, 4.69) is 6.92 Å². The van der Waals surface area contributed by atoms with Crippen molar-refractivity contribution in [2.75, 3.05) is 6.61 Å². The molecule has 0 fully saturated rings. The Morgan fingerprint density at radius 1 is 1.50 bits per heavy atom. The number of hydrogen-bond acceptors (Lipinski definition) is 2. The molecule has 1 heterocycles. The molecule has 0 N–H and O–H groups in total. The molecule has 0 spiro atoms. The van der Waals surface area contributed by atoms with Crippen LogP contribution in [0.25, 0.3) is 0 Å². The SMILES string of the molecule is CCCC(C)C(=O)c1cccc2c1OCC2. The number of Topliss-reactive ketones (excluding diaryl/α,β-unsaturated/α-hetero) is 1. The maximum atomic E-state index is 12.2. The van der Waals surface area contributed by atoms with Gasteiger partial charge in [-0.3, -0.25) is 4.79 Å². The number of ether oxygens (including phenoxy) is 1. The minimum Gasteiger partial charge on any atom is -0.492 e. The largest absolute Gasteiger partial charge is 0.492 e. The summed E-state index contributed by atoms with van der Waals surface area (Å²) in [5, 5.41) is 0. The molecule has 2 heteroatoms. The average molecular weight is 218 g/mol. The highest BCUT2D eigenvalue weighted by atomic mass is 16.5. The molecular formula is C14H18O2. The molecule has 0 saturated carbocycles. The molecule has 1 aliphatic rings. The Labute approximate surface area is 96.6 Å². The average Bonchev–Trinajstić information content (AvgIpc) is 2.76. The third-order valence-electron chi connectivity index (χ3n) is 3.15. The van der Waals surface area contributed by atoms with E-state index >= 15 is 0 Å². The summed E-state index contributed by atoms with van der Waals surface area (Å²) in [5.41, 5.74) is 1.95. The molecule has 0 saturated heterocycles. The smallest absolute Gasteiger partial charge is 0.169 e. The molecule has 0 aromatic heterocycles. The van der Waals surface area contributed by atoms with Crippen LogP contribution < -0.4 is 4.74 Å². The van der Waals surface area contributed by atoms with E-state index in [4.69, 9.17) is 4.74 Å². The topological polar surface area (TPSA) is 26.3 Å². The molecule has 1 atom stereocenters. The van der Waals surface area contributed by atoms with E-state index in [1.807, 2.05) is 25.1 Å². The number of rotatable bonds is 4. The third-order valence-corrected chi connectivity index (χ3v) is 3.15. The zero-order valence-corrected chi connectivity index (χ0v) is 9.95. The zero-order valence-electron chi connectivity index (χ0n) is 9.95. The van der Waals surface area contributed by atoms with Crippen LogP contribution in [0, 0.1) is 5.92 Å². The predicted molar refractivity (Wildman–Crippen MR) is 64.0 cm³/mol. The van der Waals surface area contributed by atoms with Crippen LogP contribution in [-0.4, -0.2) is 12.4 Å². The van der Waals surface area contributed by atoms with Gasteiger partial charge in [-0.15, -0.1) is 0 Å². The Morgan fingerprint density at radius 3 is 3.06 bits per heavy atom. The second-order valence-electron chi connectivity index (χ2n) is 4.45. The minimum absolute atomic E-state index is 0.0979. The number of para-hydroxylation sites is 1. The predicted octanol–water partition coefficient (Wildman–Crippen LogP) is 3.24. The Hall–Kier alpha value is -1.31. The molecule has 0 radical (unpaired) electrons. The third kappa shape index (κ3) is 1.97. The van der Waals surface area contributed by atoms with Crippen molar-refractivity contribution in [3.8, 4) is 5.75 Å². The number of fused-ring (bicyclic) bond motifs is 1. The lowest BCUT2D eigenvalue weighted by atomic mass is 9.93. The zero-order chi connectivity index (χ0) is 11.5. The van der Waals surface area contributed by atoms with Crippen LogP contribution in [0.4, 0.5) is 0 Å². The van der Waals surface area contributed by atoms with Gasteiger partial charge in [0.25, 0.3) is 0 Å². The van der Waals surface area contributed by atoms with E-state index < -0.39 is 0 Å². The molecule has 1 unspecified atom stereocenters.